The first kappa shape index (κ1) is 23.0. The molecule has 168 valence electrons. The standard InChI is InChI=1S/C21H18F4N4O3/c22-14-9-15(28-10-21(23,24)25)17(18(26)31)29-16(14)13-3-1-2-12(8-13)4-5-20(11-30)6-7-27-19(20)32/h1-3,8-9,28,30H,6-7,10-11H2,(H2,26,31)(H,27,32). The predicted molar refractivity (Wildman–Crippen MR) is 107 cm³/mol. The van der Waals surface area contributed by atoms with Gasteiger partial charge in [0.05, 0.1) is 12.3 Å². The van der Waals surface area contributed by atoms with Crippen LogP contribution in [-0.4, -0.2) is 47.8 Å². The lowest BCUT2D eigenvalue weighted by molar-refractivity contribution is -0.126. The molecule has 1 saturated heterocycles. The number of halogens is 4. The summed E-state index contributed by atoms with van der Waals surface area (Å²) in [5.41, 5.74) is 3.20. The number of carbonyl (C=O) groups excluding carboxylic acids is 2. The molecule has 2 amide bonds. The molecule has 1 aromatic heterocycles. The number of aliphatic hydroxyl groups excluding tert-OH is 1. The van der Waals surface area contributed by atoms with Gasteiger partial charge in [-0.3, -0.25) is 9.59 Å². The maximum atomic E-state index is 14.7. The molecule has 2 heterocycles. The van der Waals surface area contributed by atoms with E-state index in [2.05, 4.69) is 22.1 Å². The number of pyridine rings is 1. The Balaban J connectivity index is 1.97. The van der Waals surface area contributed by atoms with Crippen molar-refractivity contribution >= 4 is 17.5 Å². The number of benzene rings is 1. The third-order valence-corrected chi connectivity index (χ3v) is 4.81. The van der Waals surface area contributed by atoms with Gasteiger partial charge in [-0.05, 0) is 18.6 Å². The van der Waals surface area contributed by atoms with Crippen LogP contribution in [0.15, 0.2) is 30.3 Å². The minimum absolute atomic E-state index is 0.188. The number of carbonyl (C=O) groups is 2. The van der Waals surface area contributed by atoms with Gasteiger partial charge in [0.2, 0.25) is 5.91 Å². The number of nitrogens with one attached hydrogen (secondary N) is 2. The Bertz CT molecular complexity index is 1120. The normalized spacial score (nSPS) is 18.0. The number of rotatable bonds is 5. The van der Waals surface area contributed by atoms with Gasteiger partial charge in [0.15, 0.2) is 11.5 Å². The lowest BCUT2D eigenvalue weighted by Gasteiger charge is -2.15. The molecule has 1 aliphatic heterocycles. The second-order valence-electron chi connectivity index (χ2n) is 7.12. The minimum atomic E-state index is -4.60. The van der Waals surface area contributed by atoms with Gasteiger partial charge in [0.1, 0.15) is 17.7 Å². The molecule has 0 saturated carbocycles. The van der Waals surface area contributed by atoms with Crippen molar-refractivity contribution in [1.29, 1.82) is 0 Å². The van der Waals surface area contributed by atoms with Crippen LogP contribution in [0.3, 0.4) is 0 Å². The molecule has 3 rings (SSSR count). The van der Waals surface area contributed by atoms with E-state index in [0.29, 0.717) is 18.5 Å². The molecule has 0 spiro atoms. The van der Waals surface area contributed by atoms with Crippen molar-refractivity contribution in [1.82, 2.24) is 10.3 Å². The van der Waals surface area contributed by atoms with Gasteiger partial charge in [-0.25, -0.2) is 9.37 Å². The third kappa shape index (κ3) is 4.97. The molecular weight excluding hydrogens is 432 g/mol. The van der Waals surface area contributed by atoms with E-state index in [9.17, 15) is 32.3 Å². The Morgan fingerprint density at radius 2 is 2.09 bits per heavy atom. The highest BCUT2D eigenvalue weighted by atomic mass is 19.4. The van der Waals surface area contributed by atoms with Gasteiger partial charge < -0.3 is 21.5 Å². The smallest absolute Gasteiger partial charge is 0.394 e. The maximum absolute atomic E-state index is 14.7. The molecule has 7 nitrogen and oxygen atoms in total. The zero-order valence-corrected chi connectivity index (χ0v) is 16.5. The quantitative estimate of drug-likeness (QED) is 0.410. The van der Waals surface area contributed by atoms with E-state index in [0.717, 1.165) is 6.07 Å². The number of alkyl halides is 3. The number of nitrogens with zero attached hydrogens (tertiary/aromatic N) is 1. The summed E-state index contributed by atoms with van der Waals surface area (Å²) in [6.07, 6.45) is -4.27. The van der Waals surface area contributed by atoms with Crippen LogP contribution in [-0.2, 0) is 4.79 Å². The second kappa shape index (κ2) is 8.84. The average molecular weight is 450 g/mol. The van der Waals surface area contributed by atoms with Crippen molar-refractivity contribution in [3.63, 3.8) is 0 Å². The zero-order valence-electron chi connectivity index (χ0n) is 16.5. The number of anilines is 1. The highest BCUT2D eigenvalue weighted by Crippen LogP contribution is 2.28. The van der Waals surface area contributed by atoms with E-state index >= 15 is 0 Å². The van der Waals surface area contributed by atoms with E-state index in [4.69, 9.17) is 5.73 Å². The molecular formula is C21H18F4N4O3. The van der Waals surface area contributed by atoms with Crippen molar-refractivity contribution in [3.05, 3.63) is 47.4 Å². The lowest BCUT2D eigenvalue weighted by atomic mass is 9.88. The van der Waals surface area contributed by atoms with Crippen LogP contribution in [0.25, 0.3) is 11.3 Å². The SMILES string of the molecule is NC(=O)c1nc(-c2cccc(C#CC3(CO)CCNC3=O)c2)c(F)cc1NCC(F)(F)F. The second-order valence-corrected chi connectivity index (χ2v) is 7.12. The Morgan fingerprint density at radius 3 is 2.69 bits per heavy atom. The van der Waals surface area contributed by atoms with Gasteiger partial charge in [-0.15, -0.1) is 0 Å². The summed E-state index contributed by atoms with van der Waals surface area (Å²) < 4.78 is 52.1. The van der Waals surface area contributed by atoms with E-state index in [-0.39, 0.29) is 17.2 Å². The molecule has 1 unspecified atom stereocenters. The first-order chi connectivity index (χ1) is 15.0. The molecule has 0 radical (unpaired) electrons. The molecule has 11 heteroatoms. The van der Waals surface area contributed by atoms with Crippen molar-refractivity contribution in [2.24, 2.45) is 11.1 Å². The van der Waals surface area contributed by atoms with Crippen molar-refractivity contribution in [3.8, 4) is 23.1 Å². The molecule has 1 aromatic carbocycles. The van der Waals surface area contributed by atoms with Crippen LogP contribution >= 0.6 is 0 Å². The summed E-state index contributed by atoms with van der Waals surface area (Å²) in [5, 5.41) is 14.1. The highest BCUT2D eigenvalue weighted by molar-refractivity contribution is 5.97. The van der Waals surface area contributed by atoms with Gasteiger partial charge in [-0.2, -0.15) is 13.2 Å². The van der Waals surface area contributed by atoms with E-state index in [1.165, 1.54) is 18.2 Å². The molecule has 2 aromatic rings. The molecule has 5 N–H and O–H groups in total. The number of aliphatic hydroxyl groups is 1. The number of amides is 2. The topological polar surface area (TPSA) is 117 Å². The largest absolute Gasteiger partial charge is 0.405 e. The minimum Gasteiger partial charge on any atom is -0.394 e. The molecule has 0 bridgehead atoms. The molecule has 1 aliphatic rings. The third-order valence-electron chi connectivity index (χ3n) is 4.81. The summed E-state index contributed by atoms with van der Waals surface area (Å²) in [5.74, 6) is 3.03. The predicted octanol–water partition coefficient (Wildman–Crippen LogP) is 1.81. The number of hydrogen-bond donors (Lipinski definition) is 4. The molecule has 0 aliphatic carbocycles. The lowest BCUT2D eigenvalue weighted by Crippen LogP contribution is -2.33. The van der Waals surface area contributed by atoms with Gasteiger partial charge in [-0.1, -0.05) is 24.0 Å². The van der Waals surface area contributed by atoms with Crippen LogP contribution in [0.1, 0.15) is 22.5 Å². The highest BCUT2D eigenvalue weighted by Gasteiger charge is 2.40. The summed E-state index contributed by atoms with van der Waals surface area (Å²) >= 11 is 0. The van der Waals surface area contributed by atoms with Crippen LogP contribution in [0.5, 0.6) is 0 Å². The van der Waals surface area contributed by atoms with Crippen molar-refractivity contribution in [2.45, 2.75) is 12.6 Å². The average Bonchev–Trinajstić information content (AvgIpc) is 3.11. The fraction of sp³-hybridized carbons (Fsp3) is 0.286. The molecule has 1 fully saturated rings. The van der Waals surface area contributed by atoms with Crippen molar-refractivity contribution < 1.29 is 32.3 Å². The molecule has 1 atom stereocenters. The van der Waals surface area contributed by atoms with E-state index in [1.807, 2.05) is 5.32 Å². The van der Waals surface area contributed by atoms with Crippen LogP contribution < -0.4 is 16.4 Å². The first-order valence-corrected chi connectivity index (χ1v) is 9.38. The molecule has 32 heavy (non-hydrogen) atoms. The van der Waals surface area contributed by atoms with Gasteiger partial charge in [0, 0.05) is 23.7 Å². The van der Waals surface area contributed by atoms with Crippen LogP contribution in [0, 0.1) is 23.1 Å². The van der Waals surface area contributed by atoms with Gasteiger partial charge in [0.25, 0.3) is 5.91 Å². The number of primary amides is 1. The fourth-order valence-electron chi connectivity index (χ4n) is 3.13. The Hall–Kier alpha value is -3.65. The van der Waals surface area contributed by atoms with Gasteiger partial charge >= 0.3 is 6.18 Å². The summed E-state index contributed by atoms with van der Waals surface area (Å²) in [4.78, 5) is 27.5. The fourth-order valence-corrected chi connectivity index (χ4v) is 3.13. The zero-order chi connectivity index (χ0) is 23.5. The summed E-state index contributed by atoms with van der Waals surface area (Å²) in [6, 6.07) is 6.73. The Morgan fingerprint density at radius 1 is 1.34 bits per heavy atom. The monoisotopic (exact) mass is 450 g/mol. The number of nitrogens with two attached hydrogens (primary N) is 1. The first-order valence-electron chi connectivity index (χ1n) is 9.38. The van der Waals surface area contributed by atoms with Crippen LogP contribution in [0.2, 0.25) is 0 Å². The summed E-state index contributed by atoms with van der Waals surface area (Å²) in [7, 11) is 0. The maximum Gasteiger partial charge on any atom is 0.405 e. The van der Waals surface area contributed by atoms with Crippen LogP contribution in [0.4, 0.5) is 23.2 Å². The van der Waals surface area contributed by atoms with E-state index < -0.39 is 47.8 Å². The Labute approximate surface area is 180 Å². The van der Waals surface area contributed by atoms with E-state index in [1.54, 1.807) is 6.07 Å². The Kier molecular flexibility index (Phi) is 6.36. The number of aromatic nitrogens is 1. The van der Waals surface area contributed by atoms with Crippen molar-refractivity contribution in [2.75, 3.05) is 25.0 Å². The summed E-state index contributed by atoms with van der Waals surface area (Å²) in [6.45, 7) is -1.58. The number of hydrogen-bond acceptors (Lipinski definition) is 5.